The largest absolute Gasteiger partial charge is 0.354 e. The zero-order valence-electron chi connectivity index (χ0n) is 16.6. The molecule has 0 spiro atoms. The molecule has 0 radical (unpaired) electrons. The Balaban J connectivity index is 1.46. The van der Waals surface area contributed by atoms with Crippen molar-refractivity contribution in [2.24, 2.45) is 5.92 Å². The van der Waals surface area contributed by atoms with Gasteiger partial charge in [-0.15, -0.1) is 11.3 Å². The Morgan fingerprint density at radius 1 is 1.13 bits per heavy atom. The Labute approximate surface area is 179 Å². The van der Waals surface area contributed by atoms with Crippen molar-refractivity contribution in [2.75, 3.05) is 23.3 Å². The molecule has 7 nitrogen and oxygen atoms in total. The van der Waals surface area contributed by atoms with E-state index >= 15 is 0 Å². The molecule has 154 valence electrons. The molecule has 0 bridgehead atoms. The number of hydrogen-bond acceptors (Lipinski definition) is 6. The molecule has 0 aliphatic carbocycles. The van der Waals surface area contributed by atoms with Gasteiger partial charge in [0.2, 0.25) is 17.8 Å². The Morgan fingerprint density at radius 3 is 2.60 bits per heavy atom. The van der Waals surface area contributed by atoms with Crippen LogP contribution in [0.25, 0.3) is 0 Å². The van der Waals surface area contributed by atoms with Crippen LogP contribution in [0.15, 0.2) is 60.2 Å². The molecule has 1 aliphatic rings. The lowest BCUT2D eigenvalue weighted by atomic mass is 9.97. The van der Waals surface area contributed by atoms with Gasteiger partial charge in [-0.1, -0.05) is 23.8 Å². The van der Waals surface area contributed by atoms with Crippen molar-refractivity contribution in [1.29, 1.82) is 0 Å². The highest BCUT2D eigenvalue weighted by atomic mass is 32.1. The monoisotopic (exact) mass is 421 g/mol. The van der Waals surface area contributed by atoms with Gasteiger partial charge in [0.1, 0.15) is 0 Å². The van der Waals surface area contributed by atoms with Crippen LogP contribution in [0.3, 0.4) is 0 Å². The molecule has 1 aliphatic heterocycles. The molecule has 3 aromatic rings. The Bertz CT molecular complexity index is 992. The van der Waals surface area contributed by atoms with E-state index in [1.807, 2.05) is 48.7 Å². The molecule has 30 heavy (non-hydrogen) atoms. The number of nitrogens with zero attached hydrogens (tertiary/aromatic N) is 3. The number of benzene rings is 1. The molecule has 1 fully saturated rings. The maximum absolute atomic E-state index is 13.0. The highest BCUT2D eigenvalue weighted by molar-refractivity contribution is 7.10. The van der Waals surface area contributed by atoms with Gasteiger partial charge < -0.3 is 15.5 Å². The third-order valence-corrected chi connectivity index (χ3v) is 6.02. The van der Waals surface area contributed by atoms with Gasteiger partial charge in [-0.2, -0.15) is 0 Å². The summed E-state index contributed by atoms with van der Waals surface area (Å²) in [4.78, 5) is 36.9. The molecule has 8 heteroatoms. The third-order valence-electron chi connectivity index (χ3n) is 5.08. The third kappa shape index (κ3) is 4.33. The summed E-state index contributed by atoms with van der Waals surface area (Å²) in [6.07, 6.45) is 3.50. The van der Waals surface area contributed by atoms with E-state index in [1.165, 1.54) is 0 Å². The van der Waals surface area contributed by atoms with E-state index in [1.54, 1.807) is 34.7 Å². The zero-order chi connectivity index (χ0) is 20.9. The number of thiophene rings is 1. The van der Waals surface area contributed by atoms with Crippen LogP contribution in [-0.2, 0) is 9.59 Å². The molecule has 2 aromatic heterocycles. The van der Waals surface area contributed by atoms with E-state index in [2.05, 4.69) is 20.6 Å². The quantitative estimate of drug-likeness (QED) is 0.572. The molecule has 2 atom stereocenters. The van der Waals surface area contributed by atoms with Crippen LogP contribution < -0.4 is 15.5 Å². The average molecular weight is 422 g/mol. The minimum atomic E-state index is -0.439. The van der Waals surface area contributed by atoms with Crippen molar-refractivity contribution >= 4 is 34.8 Å². The fraction of sp³-hybridized carbons (Fsp3) is 0.273. The SMILES string of the molecule is Cc1ccc(N2C(=O)CC(C(=O)NCCNc3ncccn3)C2c2cccs2)cc1. The predicted octanol–water partition coefficient (Wildman–Crippen LogP) is 3.17. The van der Waals surface area contributed by atoms with E-state index in [9.17, 15) is 9.59 Å². The van der Waals surface area contributed by atoms with Crippen LogP contribution in [0.2, 0.25) is 0 Å². The van der Waals surface area contributed by atoms with Crippen molar-refractivity contribution in [2.45, 2.75) is 19.4 Å². The molecule has 2 N–H and O–H groups in total. The average Bonchev–Trinajstić information content (AvgIpc) is 3.40. The van der Waals surface area contributed by atoms with Gasteiger partial charge in [-0.25, -0.2) is 9.97 Å². The van der Waals surface area contributed by atoms with Gasteiger partial charge in [-0.05, 0) is 36.6 Å². The standard InChI is InChI=1S/C22H23N5O2S/c1-15-5-7-16(8-6-15)27-19(28)14-17(20(27)18-4-2-13-30-18)21(29)23-11-12-26-22-24-9-3-10-25-22/h2-10,13,17,20H,11-12,14H2,1H3,(H,23,29)(H,24,25,26). The van der Waals surface area contributed by atoms with Gasteiger partial charge in [0.05, 0.1) is 12.0 Å². The first-order chi connectivity index (χ1) is 14.6. The number of amides is 2. The van der Waals surface area contributed by atoms with E-state index in [0.717, 1.165) is 16.1 Å². The van der Waals surface area contributed by atoms with E-state index in [0.29, 0.717) is 19.0 Å². The van der Waals surface area contributed by atoms with Crippen molar-refractivity contribution in [1.82, 2.24) is 15.3 Å². The molecule has 2 unspecified atom stereocenters. The number of carbonyl (C=O) groups excluding carboxylic acids is 2. The normalized spacial score (nSPS) is 18.4. The number of anilines is 2. The number of carbonyl (C=O) groups is 2. The summed E-state index contributed by atoms with van der Waals surface area (Å²) >= 11 is 1.57. The van der Waals surface area contributed by atoms with Crippen LogP contribution in [0.5, 0.6) is 0 Å². The second-order valence-corrected chi connectivity index (χ2v) is 8.14. The first-order valence-corrected chi connectivity index (χ1v) is 10.7. The maximum Gasteiger partial charge on any atom is 0.228 e. The summed E-state index contributed by atoms with van der Waals surface area (Å²) in [5, 5.41) is 8.00. The molecule has 2 amide bonds. The van der Waals surface area contributed by atoms with Crippen LogP contribution in [0, 0.1) is 12.8 Å². The van der Waals surface area contributed by atoms with Crippen LogP contribution in [0.1, 0.15) is 22.9 Å². The summed E-state index contributed by atoms with van der Waals surface area (Å²) in [5.74, 6) is -0.0735. The van der Waals surface area contributed by atoms with Gasteiger partial charge in [-0.3, -0.25) is 9.59 Å². The van der Waals surface area contributed by atoms with Crippen molar-refractivity contribution in [3.63, 3.8) is 0 Å². The number of aryl methyl sites for hydroxylation is 1. The predicted molar refractivity (Wildman–Crippen MR) is 117 cm³/mol. The number of aromatic nitrogens is 2. The van der Waals surface area contributed by atoms with Crippen LogP contribution in [0.4, 0.5) is 11.6 Å². The molecular formula is C22H23N5O2S. The molecule has 1 saturated heterocycles. The van der Waals surface area contributed by atoms with E-state index < -0.39 is 5.92 Å². The van der Waals surface area contributed by atoms with E-state index in [4.69, 9.17) is 0 Å². The van der Waals surface area contributed by atoms with Gasteiger partial charge in [0.15, 0.2) is 0 Å². The topological polar surface area (TPSA) is 87.2 Å². The Morgan fingerprint density at radius 2 is 1.90 bits per heavy atom. The lowest BCUT2D eigenvalue weighted by Gasteiger charge is -2.27. The molecule has 3 heterocycles. The number of rotatable bonds is 7. The fourth-order valence-corrected chi connectivity index (χ4v) is 4.53. The van der Waals surface area contributed by atoms with Crippen molar-refractivity contribution in [3.05, 3.63) is 70.7 Å². The summed E-state index contributed by atoms with van der Waals surface area (Å²) in [6, 6.07) is 13.2. The minimum absolute atomic E-state index is 0.0341. The number of nitrogens with one attached hydrogen (secondary N) is 2. The fourth-order valence-electron chi connectivity index (χ4n) is 3.65. The van der Waals surface area contributed by atoms with Gasteiger partial charge >= 0.3 is 0 Å². The molecular weight excluding hydrogens is 398 g/mol. The maximum atomic E-state index is 13.0. The Hall–Kier alpha value is -3.26. The summed E-state index contributed by atoms with van der Waals surface area (Å²) in [6.45, 7) is 2.93. The Kier molecular flexibility index (Phi) is 6.04. The first kappa shape index (κ1) is 20.0. The van der Waals surface area contributed by atoms with E-state index in [-0.39, 0.29) is 24.3 Å². The molecule has 0 saturated carbocycles. The highest BCUT2D eigenvalue weighted by Gasteiger charge is 2.45. The summed E-state index contributed by atoms with van der Waals surface area (Å²) in [7, 11) is 0. The summed E-state index contributed by atoms with van der Waals surface area (Å²) < 4.78 is 0. The van der Waals surface area contributed by atoms with Crippen LogP contribution in [-0.4, -0.2) is 34.9 Å². The van der Waals surface area contributed by atoms with Crippen molar-refractivity contribution < 1.29 is 9.59 Å². The minimum Gasteiger partial charge on any atom is -0.354 e. The highest BCUT2D eigenvalue weighted by Crippen LogP contribution is 2.43. The number of hydrogen-bond donors (Lipinski definition) is 2. The zero-order valence-corrected chi connectivity index (χ0v) is 17.4. The summed E-state index contributed by atoms with van der Waals surface area (Å²) in [5.41, 5.74) is 1.95. The lowest BCUT2D eigenvalue weighted by molar-refractivity contribution is -0.126. The molecule has 4 rings (SSSR count). The lowest BCUT2D eigenvalue weighted by Crippen LogP contribution is -2.37. The second kappa shape index (κ2) is 9.04. The van der Waals surface area contributed by atoms with Crippen LogP contribution >= 0.6 is 11.3 Å². The van der Waals surface area contributed by atoms with Gasteiger partial charge in [0.25, 0.3) is 0 Å². The first-order valence-electron chi connectivity index (χ1n) is 9.84. The smallest absolute Gasteiger partial charge is 0.228 e. The molecule has 1 aromatic carbocycles. The van der Waals surface area contributed by atoms with Crippen molar-refractivity contribution in [3.8, 4) is 0 Å². The van der Waals surface area contributed by atoms with Gasteiger partial charge in [0, 0.05) is 42.5 Å². The second-order valence-electron chi connectivity index (χ2n) is 7.16.